The second kappa shape index (κ2) is 6.35. The molecule has 126 valence electrons. The summed E-state index contributed by atoms with van der Waals surface area (Å²) in [6.07, 6.45) is 2.87. The van der Waals surface area contributed by atoms with Gasteiger partial charge in [-0.3, -0.25) is 14.9 Å². The third-order valence-electron chi connectivity index (χ3n) is 4.42. The third-order valence-corrected chi connectivity index (χ3v) is 4.42. The fraction of sp³-hybridized carbons (Fsp3) is 0.643. The highest BCUT2D eigenvalue weighted by Crippen LogP contribution is 2.36. The van der Waals surface area contributed by atoms with Crippen LogP contribution in [0.15, 0.2) is 6.20 Å². The molecule has 0 spiro atoms. The van der Waals surface area contributed by atoms with E-state index in [2.05, 4.69) is 9.97 Å². The molecule has 9 heteroatoms. The number of carbonyl (C=O) groups is 1. The van der Waals surface area contributed by atoms with E-state index in [1.807, 2.05) is 18.7 Å². The van der Waals surface area contributed by atoms with Crippen LogP contribution in [0, 0.1) is 21.4 Å². The first kappa shape index (κ1) is 16.9. The summed E-state index contributed by atoms with van der Waals surface area (Å²) in [4.78, 5) is 32.1. The smallest absolute Gasteiger partial charge is 0.329 e. The number of hydrogen-bond donors (Lipinski definition) is 1. The summed E-state index contributed by atoms with van der Waals surface area (Å²) in [5.41, 5.74) is 4.69. The van der Waals surface area contributed by atoms with Crippen LogP contribution in [0.2, 0.25) is 0 Å². The number of aromatic nitrogens is 2. The maximum Gasteiger partial charge on any atom is 0.329 e. The summed E-state index contributed by atoms with van der Waals surface area (Å²) in [6.45, 7) is 5.00. The molecule has 1 aromatic rings. The van der Waals surface area contributed by atoms with Crippen molar-refractivity contribution in [3.05, 3.63) is 16.3 Å². The number of esters is 1. The van der Waals surface area contributed by atoms with Gasteiger partial charge in [0.2, 0.25) is 11.8 Å². The lowest BCUT2D eigenvalue weighted by Crippen LogP contribution is -2.45. The standard InChI is InChI=1S/C14H21N5O4/c1-14(2,12(20)23-3)9-5-4-6-18(8-9)13-16-7-10(19(21)22)11(15)17-13/h7,9H,4-6,8H2,1-3H3,(H2,15,16,17). The van der Waals surface area contributed by atoms with Crippen LogP contribution >= 0.6 is 0 Å². The van der Waals surface area contributed by atoms with Crippen molar-refractivity contribution in [3.8, 4) is 0 Å². The minimum absolute atomic E-state index is 0.0729. The Bertz CT molecular complexity index is 619. The number of nitrogens with two attached hydrogens (primary N) is 1. The Morgan fingerprint density at radius 3 is 2.83 bits per heavy atom. The lowest BCUT2D eigenvalue weighted by molar-refractivity contribution is -0.384. The topological polar surface area (TPSA) is 124 Å². The maximum atomic E-state index is 12.0. The molecule has 2 rings (SSSR count). The number of nitrogens with zero attached hydrogens (tertiary/aromatic N) is 4. The van der Waals surface area contributed by atoms with Gasteiger partial charge in [0.1, 0.15) is 6.20 Å². The third kappa shape index (κ3) is 3.33. The highest BCUT2D eigenvalue weighted by Gasteiger charge is 2.40. The first-order chi connectivity index (χ1) is 10.8. The molecule has 1 saturated heterocycles. The molecule has 0 radical (unpaired) electrons. The Labute approximate surface area is 134 Å². The minimum atomic E-state index is -0.625. The van der Waals surface area contributed by atoms with Crippen molar-refractivity contribution < 1.29 is 14.5 Å². The molecule has 1 aromatic heterocycles. The maximum absolute atomic E-state index is 12.0. The molecule has 2 heterocycles. The van der Waals surface area contributed by atoms with Crippen molar-refractivity contribution in [1.29, 1.82) is 0 Å². The van der Waals surface area contributed by atoms with Gasteiger partial charge in [0.15, 0.2) is 0 Å². The van der Waals surface area contributed by atoms with Gasteiger partial charge in [-0.2, -0.15) is 4.98 Å². The van der Waals surface area contributed by atoms with Gasteiger partial charge in [0, 0.05) is 13.1 Å². The number of rotatable bonds is 4. The van der Waals surface area contributed by atoms with E-state index in [1.165, 1.54) is 7.11 Å². The second-order valence-electron chi connectivity index (χ2n) is 6.20. The predicted octanol–water partition coefficient (Wildman–Crippen LogP) is 1.38. The van der Waals surface area contributed by atoms with Gasteiger partial charge >= 0.3 is 11.7 Å². The quantitative estimate of drug-likeness (QED) is 0.500. The van der Waals surface area contributed by atoms with E-state index in [4.69, 9.17) is 10.5 Å². The van der Waals surface area contributed by atoms with Crippen molar-refractivity contribution in [2.45, 2.75) is 26.7 Å². The summed E-state index contributed by atoms with van der Waals surface area (Å²) >= 11 is 0. The van der Waals surface area contributed by atoms with Gasteiger partial charge in [-0.25, -0.2) is 4.98 Å². The fourth-order valence-corrected chi connectivity index (χ4v) is 2.85. The number of piperidine rings is 1. The number of anilines is 2. The SMILES string of the molecule is COC(=O)C(C)(C)C1CCCN(c2ncc([N+](=O)[O-])c(N)n2)C1. The normalized spacial score (nSPS) is 18.6. The lowest BCUT2D eigenvalue weighted by atomic mass is 9.74. The van der Waals surface area contributed by atoms with E-state index in [0.29, 0.717) is 19.0 Å². The molecule has 1 atom stereocenters. The first-order valence-corrected chi connectivity index (χ1v) is 7.37. The molecule has 1 aliphatic heterocycles. The number of methoxy groups -OCH3 is 1. The van der Waals surface area contributed by atoms with Crippen LogP contribution in [-0.2, 0) is 9.53 Å². The lowest BCUT2D eigenvalue weighted by Gasteiger charge is -2.39. The minimum Gasteiger partial charge on any atom is -0.469 e. The summed E-state index contributed by atoms with van der Waals surface area (Å²) in [5.74, 6) is 0.00464. The molecule has 0 aliphatic carbocycles. The molecular formula is C14H21N5O4. The molecule has 0 amide bonds. The van der Waals surface area contributed by atoms with E-state index in [0.717, 1.165) is 19.0 Å². The van der Waals surface area contributed by atoms with E-state index in [9.17, 15) is 14.9 Å². The van der Waals surface area contributed by atoms with Crippen molar-refractivity contribution >= 4 is 23.4 Å². The van der Waals surface area contributed by atoms with Gasteiger partial charge in [-0.15, -0.1) is 0 Å². The van der Waals surface area contributed by atoms with Crippen LogP contribution in [0.4, 0.5) is 17.5 Å². The zero-order chi connectivity index (χ0) is 17.2. The number of hydrogen-bond acceptors (Lipinski definition) is 8. The first-order valence-electron chi connectivity index (χ1n) is 7.37. The Morgan fingerprint density at radius 1 is 1.57 bits per heavy atom. The molecule has 23 heavy (non-hydrogen) atoms. The molecule has 0 saturated carbocycles. The summed E-state index contributed by atoms with van der Waals surface area (Å²) in [6, 6.07) is 0. The van der Waals surface area contributed by atoms with Crippen LogP contribution in [0.3, 0.4) is 0 Å². The van der Waals surface area contributed by atoms with Crippen molar-refractivity contribution in [1.82, 2.24) is 9.97 Å². The zero-order valence-corrected chi connectivity index (χ0v) is 13.5. The molecular weight excluding hydrogens is 302 g/mol. The second-order valence-corrected chi connectivity index (χ2v) is 6.20. The highest BCUT2D eigenvalue weighted by atomic mass is 16.6. The number of nitro groups is 1. The van der Waals surface area contributed by atoms with Gasteiger partial charge < -0.3 is 15.4 Å². The summed E-state index contributed by atoms with van der Waals surface area (Å²) < 4.78 is 4.89. The van der Waals surface area contributed by atoms with Crippen molar-refractivity contribution in [3.63, 3.8) is 0 Å². The summed E-state index contributed by atoms with van der Waals surface area (Å²) in [7, 11) is 1.38. The van der Waals surface area contributed by atoms with Crippen LogP contribution < -0.4 is 10.6 Å². The summed E-state index contributed by atoms with van der Waals surface area (Å²) in [5, 5.41) is 10.8. The monoisotopic (exact) mass is 323 g/mol. The fourth-order valence-electron chi connectivity index (χ4n) is 2.85. The van der Waals surface area contributed by atoms with Crippen LogP contribution in [0.1, 0.15) is 26.7 Å². The predicted molar refractivity (Wildman–Crippen MR) is 83.8 cm³/mol. The van der Waals surface area contributed by atoms with Crippen LogP contribution in [0.5, 0.6) is 0 Å². The molecule has 2 N–H and O–H groups in total. The van der Waals surface area contributed by atoms with Gasteiger partial charge in [-0.1, -0.05) is 0 Å². The van der Waals surface area contributed by atoms with E-state index >= 15 is 0 Å². The van der Waals surface area contributed by atoms with Crippen molar-refractivity contribution in [2.75, 3.05) is 30.8 Å². The molecule has 9 nitrogen and oxygen atoms in total. The number of ether oxygens (including phenoxy) is 1. The number of nitrogen functional groups attached to an aromatic ring is 1. The van der Waals surface area contributed by atoms with E-state index in [-0.39, 0.29) is 23.4 Å². The average molecular weight is 323 g/mol. The van der Waals surface area contributed by atoms with E-state index in [1.54, 1.807) is 0 Å². The van der Waals surface area contributed by atoms with E-state index < -0.39 is 10.3 Å². The molecule has 1 unspecified atom stereocenters. The van der Waals surface area contributed by atoms with Crippen LogP contribution in [0.25, 0.3) is 0 Å². The van der Waals surface area contributed by atoms with Gasteiger partial charge in [0.25, 0.3) is 0 Å². The molecule has 1 aliphatic rings. The van der Waals surface area contributed by atoms with Crippen molar-refractivity contribution in [2.24, 2.45) is 11.3 Å². The highest BCUT2D eigenvalue weighted by molar-refractivity contribution is 5.76. The Kier molecular flexibility index (Phi) is 4.67. The molecule has 1 fully saturated rings. The molecule has 0 aromatic carbocycles. The number of carbonyl (C=O) groups excluding carboxylic acids is 1. The Morgan fingerprint density at radius 2 is 2.26 bits per heavy atom. The van der Waals surface area contributed by atoms with Gasteiger partial charge in [-0.05, 0) is 32.6 Å². The van der Waals surface area contributed by atoms with Gasteiger partial charge in [0.05, 0.1) is 17.4 Å². The zero-order valence-electron chi connectivity index (χ0n) is 13.5. The Balaban J connectivity index is 2.20. The molecule has 0 bridgehead atoms. The average Bonchev–Trinajstić information content (AvgIpc) is 2.53. The Hall–Kier alpha value is -2.45. The largest absolute Gasteiger partial charge is 0.469 e. The van der Waals surface area contributed by atoms with Crippen LogP contribution in [-0.4, -0.2) is 41.1 Å².